The van der Waals surface area contributed by atoms with Crippen LogP contribution in [0.15, 0.2) is 30.5 Å². The molecule has 2 aliphatic rings. The van der Waals surface area contributed by atoms with Gasteiger partial charge in [0, 0.05) is 17.2 Å². The van der Waals surface area contributed by atoms with Crippen LogP contribution in [0.4, 0.5) is 24.7 Å². The zero-order chi connectivity index (χ0) is 26.5. The van der Waals surface area contributed by atoms with E-state index < -0.39 is 57.2 Å². The van der Waals surface area contributed by atoms with E-state index in [9.17, 15) is 31.2 Å². The summed E-state index contributed by atoms with van der Waals surface area (Å²) in [6.45, 7) is 4.12. The van der Waals surface area contributed by atoms with Gasteiger partial charge < -0.3 is 10.1 Å². The van der Waals surface area contributed by atoms with Crippen LogP contribution in [-0.2, 0) is 20.0 Å². The van der Waals surface area contributed by atoms with Crippen molar-refractivity contribution in [3.8, 4) is 5.75 Å². The molecule has 8 nitrogen and oxygen atoms in total. The molecule has 0 aliphatic carbocycles. The molecule has 0 spiro atoms. The Labute approximate surface area is 206 Å². The fraction of sp³-hybridized carbons (Fsp3) is 0.458. The third kappa shape index (κ3) is 4.91. The van der Waals surface area contributed by atoms with Crippen molar-refractivity contribution in [1.82, 2.24) is 10.3 Å². The summed E-state index contributed by atoms with van der Waals surface area (Å²) in [5, 5.41) is 2.93. The van der Waals surface area contributed by atoms with Gasteiger partial charge in [-0.05, 0) is 57.4 Å². The van der Waals surface area contributed by atoms with E-state index in [2.05, 4.69) is 10.3 Å². The summed E-state index contributed by atoms with van der Waals surface area (Å²) in [4.78, 5) is 31.6. The Morgan fingerprint density at radius 1 is 1.19 bits per heavy atom. The number of ether oxygens (including phenoxy) is 1. The first kappa shape index (κ1) is 25.9. The van der Waals surface area contributed by atoms with Gasteiger partial charge >= 0.3 is 0 Å². The number of benzene rings is 1. The van der Waals surface area contributed by atoms with Crippen molar-refractivity contribution < 1.29 is 35.9 Å². The van der Waals surface area contributed by atoms with E-state index in [1.165, 1.54) is 11.0 Å². The largest absolute Gasteiger partial charge is 0.484 e. The van der Waals surface area contributed by atoms with E-state index in [-0.39, 0.29) is 17.3 Å². The van der Waals surface area contributed by atoms with Crippen LogP contribution in [0.25, 0.3) is 0 Å². The molecule has 2 aromatic rings. The highest BCUT2D eigenvalue weighted by atomic mass is 32.2. The van der Waals surface area contributed by atoms with E-state index in [0.717, 1.165) is 12.3 Å². The van der Waals surface area contributed by atoms with Gasteiger partial charge in [-0.25, -0.2) is 26.6 Å². The fourth-order valence-corrected chi connectivity index (χ4v) is 6.09. The van der Waals surface area contributed by atoms with E-state index in [1.807, 2.05) is 0 Å². The number of fused-ring (bicyclic) bond motifs is 1. The van der Waals surface area contributed by atoms with Gasteiger partial charge in [-0.1, -0.05) is 0 Å². The maximum atomic E-state index is 14.0. The lowest BCUT2D eigenvalue weighted by Gasteiger charge is -2.34. The van der Waals surface area contributed by atoms with Crippen molar-refractivity contribution in [2.75, 3.05) is 23.0 Å². The van der Waals surface area contributed by atoms with Gasteiger partial charge in [-0.3, -0.25) is 14.5 Å². The van der Waals surface area contributed by atoms with Crippen molar-refractivity contribution in [2.24, 2.45) is 0 Å². The lowest BCUT2D eigenvalue weighted by Crippen LogP contribution is -2.50. The molecule has 0 bridgehead atoms. The number of anilines is 2. The zero-order valence-electron chi connectivity index (χ0n) is 20.0. The fourth-order valence-electron chi connectivity index (χ4n) is 4.36. The van der Waals surface area contributed by atoms with Crippen molar-refractivity contribution in [2.45, 2.75) is 51.0 Å². The molecule has 1 fully saturated rings. The van der Waals surface area contributed by atoms with Crippen LogP contribution >= 0.6 is 0 Å². The number of rotatable bonds is 6. The Balaban J connectivity index is 1.63. The van der Waals surface area contributed by atoms with Crippen LogP contribution in [0, 0.1) is 5.82 Å². The van der Waals surface area contributed by atoms with Gasteiger partial charge in [0.05, 0.1) is 28.8 Å². The molecule has 0 unspecified atom stereocenters. The number of alkyl halides is 2. The number of hydrogen-bond donors (Lipinski definition) is 1. The Morgan fingerprint density at radius 2 is 1.86 bits per heavy atom. The van der Waals surface area contributed by atoms with Crippen LogP contribution in [0.1, 0.15) is 49.5 Å². The highest BCUT2D eigenvalue weighted by molar-refractivity contribution is 7.91. The summed E-state index contributed by atoms with van der Waals surface area (Å²) in [5.41, 5.74) is -0.521. The van der Waals surface area contributed by atoms with E-state index in [4.69, 9.17) is 4.74 Å². The highest BCUT2D eigenvalue weighted by Crippen LogP contribution is 2.45. The average molecular weight is 526 g/mol. The third-order valence-corrected chi connectivity index (χ3v) is 8.31. The second kappa shape index (κ2) is 9.06. The molecule has 1 saturated heterocycles. The molecule has 1 aromatic carbocycles. The molecule has 2 amide bonds. The molecule has 0 radical (unpaired) electrons. The number of sulfone groups is 1. The third-order valence-electron chi connectivity index (χ3n) is 6.66. The predicted octanol–water partition coefficient (Wildman–Crippen LogP) is 3.52. The van der Waals surface area contributed by atoms with Crippen molar-refractivity contribution in [3.05, 3.63) is 47.4 Å². The minimum absolute atomic E-state index is 0.00184. The zero-order valence-corrected chi connectivity index (χ0v) is 20.8. The normalized spacial score (nSPS) is 19.8. The first-order chi connectivity index (χ1) is 16.7. The number of hydrogen-bond acceptors (Lipinski definition) is 6. The van der Waals surface area contributed by atoms with Crippen LogP contribution < -0.4 is 15.0 Å². The van der Waals surface area contributed by atoms with Gasteiger partial charge in [-0.2, -0.15) is 0 Å². The Morgan fingerprint density at radius 3 is 2.50 bits per heavy atom. The summed E-state index contributed by atoms with van der Waals surface area (Å²) in [6, 6.07) is 5.76. The molecule has 12 heteroatoms. The number of halogens is 3. The Hall–Kier alpha value is -3.15. The molecule has 0 saturated carbocycles. The summed E-state index contributed by atoms with van der Waals surface area (Å²) in [6.07, 6.45) is -1.41. The highest BCUT2D eigenvalue weighted by Gasteiger charge is 2.46. The molecule has 1 aromatic heterocycles. The molecule has 36 heavy (non-hydrogen) atoms. The van der Waals surface area contributed by atoms with E-state index >= 15 is 0 Å². The monoisotopic (exact) mass is 525 g/mol. The number of pyridine rings is 1. The van der Waals surface area contributed by atoms with Gasteiger partial charge in [0.25, 0.3) is 12.3 Å². The lowest BCUT2D eigenvalue weighted by molar-refractivity contribution is -0.121. The van der Waals surface area contributed by atoms with Gasteiger partial charge in [0.2, 0.25) is 5.91 Å². The standard InChI is InChI=1S/C24H26F3N3O5S/c1-23(2)15-10-14(21(31)29-24(3)6-8-36(33,34)9-7-24)4-5-17(15)30(22(23)32)20-11-18(16(25)12-28-20)35-13-19(26)27/h4-5,10-12,19H,6-9,13H2,1-3H3,(H,29,31). The average Bonchev–Trinajstić information content (AvgIpc) is 3.01. The van der Waals surface area contributed by atoms with Gasteiger partial charge in [0.1, 0.15) is 22.3 Å². The first-order valence-corrected chi connectivity index (χ1v) is 13.1. The first-order valence-electron chi connectivity index (χ1n) is 11.3. The Bertz CT molecular complexity index is 1320. The van der Waals surface area contributed by atoms with Crippen molar-refractivity contribution >= 4 is 33.2 Å². The molecule has 2 aliphatic heterocycles. The molecule has 4 rings (SSSR count). The maximum absolute atomic E-state index is 14.0. The van der Waals surface area contributed by atoms with Crippen LogP contribution in [0.2, 0.25) is 0 Å². The smallest absolute Gasteiger partial charge is 0.272 e. The van der Waals surface area contributed by atoms with Crippen LogP contribution in [0.3, 0.4) is 0 Å². The lowest BCUT2D eigenvalue weighted by atomic mass is 9.85. The molecule has 1 N–H and O–H groups in total. The number of amides is 2. The number of nitrogens with one attached hydrogen (secondary N) is 1. The molecule has 0 atom stereocenters. The van der Waals surface area contributed by atoms with Crippen molar-refractivity contribution in [1.29, 1.82) is 0 Å². The van der Waals surface area contributed by atoms with Crippen LogP contribution in [0.5, 0.6) is 5.75 Å². The van der Waals surface area contributed by atoms with Gasteiger partial charge in [0.15, 0.2) is 11.6 Å². The number of nitrogens with zero attached hydrogens (tertiary/aromatic N) is 2. The number of aromatic nitrogens is 1. The number of carbonyl (C=O) groups is 2. The minimum atomic E-state index is -3.10. The SMILES string of the molecule is CC1(NC(=O)c2ccc3c(c2)C(C)(C)C(=O)N3c2cc(OCC(F)F)c(F)cn2)CCS(=O)(=O)CC1. The van der Waals surface area contributed by atoms with Gasteiger partial charge in [-0.15, -0.1) is 0 Å². The summed E-state index contributed by atoms with van der Waals surface area (Å²) in [7, 11) is -3.10. The minimum Gasteiger partial charge on any atom is -0.484 e. The molecular formula is C24H26F3N3O5S. The Kier molecular flexibility index (Phi) is 6.52. The topological polar surface area (TPSA) is 106 Å². The quantitative estimate of drug-likeness (QED) is 0.619. The van der Waals surface area contributed by atoms with Crippen molar-refractivity contribution in [3.63, 3.8) is 0 Å². The number of carbonyl (C=O) groups excluding carboxylic acids is 2. The molecular weight excluding hydrogens is 499 g/mol. The van der Waals surface area contributed by atoms with E-state index in [1.54, 1.807) is 32.9 Å². The molecule has 194 valence electrons. The summed E-state index contributed by atoms with van der Waals surface area (Å²) < 4.78 is 67.5. The summed E-state index contributed by atoms with van der Waals surface area (Å²) in [5.74, 6) is -2.22. The maximum Gasteiger partial charge on any atom is 0.272 e. The second-order valence-corrected chi connectivity index (χ2v) is 12.1. The molecule has 3 heterocycles. The second-order valence-electron chi connectivity index (χ2n) is 9.84. The predicted molar refractivity (Wildman–Crippen MR) is 126 cm³/mol. The van der Waals surface area contributed by atoms with Crippen LogP contribution in [-0.4, -0.2) is 55.3 Å². The van der Waals surface area contributed by atoms with E-state index in [0.29, 0.717) is 29.7 Å². The summed E-state index contributed by atoms with van der Waals surface area (Å²) >= 11 is 0.